The number of hydrogen-bond donors (Lipinski definition) is 2. The highest BCUT2D eigenvalue weighted by molar-refractivity contribution is 6.28. The molecule has 0 bridgehead atoms. The monoisotopic (exact) mass is 1700 g/mol. The van der Waals surface area contributed by atoms with E-state index in [0.29, 0.717) is 79.5 Å². The molecule has 638 valence electrons. The van der Waals surface area contributed by atoms with Gasteiger partial charge in [-0.1, -0.05) is 0 Å². The summed E-state index contributed by atoms with van der Waals surface area (Å²) in [5, 5.41) is 20.6. The van der Waals surface area contributed by atoms with Crippen LogP contribution in [0.15, 0.2) is 153 Å². The zero-order valence-corrected chi connectivity index (χ0v) is 66.5. The average molecular weight is 1700 g/mol. The number of esters is 1. The second-order valence-electron chi connectivity index (χ2n) is 28.0. The van der Waals surface area contributed by atoms with E-state index in [0.717, 1.165) is 24.3 Å². The van der Waals surface area contributed by atoms with Crippen LogP contribution in [-0.2, 0) is 46.2 Å². The first-order chi connectivity index (χ1) is 56.8. The van der Waals surface area contributed by atoms with Crippen LogP contribution >= 0.6 is 11.6 Å². The van der Waals surface area contributed by atoms with Crippen LogP contribution in [0, 0.1) is 33.4 Å². The molecule has 0 unspecified atom stereocenters. The Morgan fingerprint density at radius 1 is 0.500 bits per heavy atom. The maximum Gasteiger partial charge on any atom is 0.471 e. The van der Waals surface area contributed by atoms with Crippen LogP contribution in [-0.4, -0.2) is 250 Å². The number of aliphatic hydroxyl groups excluding tert-OH is 1. The number of amides is 5. The van der Waals surface area contributed by atoms with Gasteiger partial charge in [-0.25, -0.2) is 82.0 Å². The van der Waals surface area contributed by atoms with Crippen molar-refractivity contribution in [2.45, 2.75) is 116 Å². The average Bonchev–Trinajstić information content (AvgIpc) is 0.807. The fourth-order valence-electron chi connectivity index (χ4n) is 10.3. The number of carbonyl (C=O) groups is 6. The minimum atomic E-state index is -4.83. The number of carbonyl (C=O) groups excluding carboxylic acids is 6. The molecule has 14 rings (SSSR count). The minimum absolute atomic E-state index is 0.0229. The molecule has 5 saturated heterocycles. The Morgan fingerprint density at radius 3 is 1.14 bits per heavy atom. The molecule has 3 N–H and O–H groups in total. The Balaban J connectivity index is 0.000000185. The van der Waals surface area contributed by atoms with Crippen molar-refractivity contribution in [2.24, 2.45) is 0 Å². The summed E-state index contributed by atoms with van der Waals surface area (Å²) in [5.74, 6) is -5.63. The maximum atomic E-state index is 14.1. The molecule has 0 spiro atoms. The lowest BCUT2D eigenvalue weighted by Crippen LogP contribution is -2.59. The number of benzene rings is 2. The number of likely N-dealkylation sites (tertiary alicyclic amines) is 5. The molecular weight excluding hydrogens is 1620 g/mol. The fraction of sp³-hybridized carbons (Fsp3) is 0.377. The first-order valence-corrected chi connectivity index (χ1v) is 36.9. The zero-order chi connectivity index (χ0) is 87.4. The van der Waals surface area contributed by atoms with Gasteiger partial charge in [0.1, 0.15) is 64.6 Å². The Bertz CT molecular complexity index is 4870. The van der Waals surface area contributed by atoms with Gasteiger partial charge in [0.05, 0.1) is 119 Å². The third-order valence-corrected chi connectivity index (χ3v) is 16.3. The van der Waals surface area contributed by atoms with Gasteiger partial charge in [-0.3, -0.25) is 34.3 Å². The summed E-state index contributed by atoms with van der Waals surface area (Å²) in [6.07, 6.45) is 8.35. The molecule has 2 aromatic carbocycles. The van der Waals surface area contributed by atoms with Crippen LogP contribution in [0.4, 0.5) is 51.7 Å². The number of aliphatic hydroxyl groups is 1. The largest absolute Gasteiger partial charge is 0.471 e. The van der Waals surface area contributed by atoms with E-state index in [1.807, 2.05) is 41.5 Å². The Kier molecular flexibility index (Phi) is 33.2. The number of nitro groups is 1. The third kappa shape index (κ3) is 30.0. The molecule has 0 atom stereocenters. The predicted molar refractivity (Wildman–Crippen MR) is 410 cm³/mol. The summed E-state index contributed by atoms with van der Waals surface area (Å²) in [6.45, 7) is 17.6. The number of β-amino-alcohol motifs (C(OH)–C–C–N with tert-alkyl or cyclic N) is 1. The standard InChI is InChI=1S/C20H15F2N5O4.C20H17F2N5O2.C12H17N3O3.C9H8F3N3O2.C8H15NO3.C4H3ClN2.C4H8O2/c21-12-2-3-14(15(22)8-12)16-4-5-18(27(29)30)17(25-16)9-19(28)26-10-13(11-26)31-20-23-6-1-7-24-20;21-12-2-3-14(15(22)8-12)17-5-4-16(23)18(26-17)9-19(28)27-10-13(11-27)29-20-24-6-1-7-25-20;1-12(2,3)18-11(16)15-7-9(8-15)17-10-13-5-4-6-14-10;10-9(11,12)7(16)15-4-6(5-15)17-8-13-2-1-3-14-8;1-8(2,3)12-7(11)9-4-6(10)5-9;5-4-6-2-1-3-7-4;1-3-6-4(2)5/h1-8,13H,9-11H2;1-8,13H,9-11,23H2;4-6,9H,7-8H2,1-3H3;1-3,6H,4-5H2;6,10H,4-5H2,1-3H3;1-3H;3H2,1-2H3. The van der Waals surface area contributed by atoms with Crippen molar-refractivity contribution < 1.29 is 103 Å². The SMILES string of the molecule is CC(C)(C)OC(=O)N1CC(O)C1.CC(C)(C)OC(=O)N1CC(Oc2ncccn2)C1.CCOC(C)=O.Clc1ncccn1.Nc1ccc(-c2ccc(F)cc2F)nc1CC(=O)N1CC(Oc2ncccn2)C1.O=C(Cc1nc(-c2ccc(F)cc2F)ccc1[N+](=O)[O-])N1CC(Oc2ncccn2)C1.O=C(N1CC(Oc2ncccn2)C1)C(F)(F)F. The van der Waals surface area contributed by atoms with E-state index in [1.165, 1.54) is 65.8 Å². The van der Waals surface area contributed by atoms with Crippen LogP contribution < -0.4 is 24.7 Å². The number of ether oxygens (including phenoxy) is 7. The van der Waals surface area contributed by atoms with Gasteiger partial charge in [0, 0.05) is 98.2 Å². The summed E-state index contributed by atoms with van der Waals surface area (Å²) >= 11 is 5.32. The molecule has 120 heavy (non-hydrogen) atoms. The summed E-state index contributed by atoms with van der Waals surface area (Å²) < 4.78 is 127. The number of nitrogens with zero attached hydrogens (tertiary/aromatic N) is 18. The van der Waals surface area contributed by atoms with E-state index in [9.17, 15) is 69.6 Å². The maximum absolute atomic E-state index is 14.1. The van der Waals surface area contributed by atoms with Gasteiger partial charge in [-0.15, -0.1) is 0 Å². The van der Waals surface area contributed by atoms with E-state index in [4.69, 9.17) is 50.9 Å². The second-order valence-corrected chi connectivity index (χ2v) is 28.3. The molecule has 5 aliphatic rings. The zero-order valence-electron chi connectivity index (χ0n) is 65.7. The number of anilines is 1. The third-order valence-electron chi connectivity index (χ3n) is 16.1. The highest BCUT2D eigenvalue weighted by Crippen LogP contribution is 2.30. The lowest BCUT2D eigenvalue weighted by molar-refractivity contribution is -0.385. The van der Waals surface area contributed by atoms with Gasteiger partial charge in [0.2, 0.25) is 17.1 Å². The van der Waals surface area contributed by atoms with Crippen LogP contribution in [0.25, 0.3) is 22.5 Å². The number of nitrogen functional groups attached to an aromatic ring is 1. The van der Waals surface area contributed by atoms with Gasteiger partial charge in [-0.05, 0) is 133 Å². The summed E-state index contributed by atoms with van der Waals surface area (Å²) in [5.41, 5.74) is 5.70. The number of alkyl halides is 3. The van der Waals surface area contributed by atoms with Crippen molar-refractivity contribution in [3.05, 3.63) is 203 Å². The van der Waals surface area contributed by atoms with Gasteiger partial charge in [-0.2, -0.15) is 13.2 Å². The Morgan fingerprint density at radius 2 is 0.833 bits per heavy atom. The molecule has 0 aliphatic carbocycles. The topological polar surface area (TPSA) is 427 Å². The molecule has 0 radical (unpaired) electrons. The second kappa shape index (κ2) is 43.3. The van der Waals surface area contributed by atoms with Crippen molar-refractivity contribution in [3.8, 4) is 46.6 Å². The van der Waals surface area contributed by atoms with E-state index < -0.39 is 57.6 Å². The molecule has 35 nitrogen and oxygen atoms in total. The molecule has 12 heterocycles. The van der Waals surface area contributed by atoms with Crippen molar-refractivity contribution in [1.82, 2.24) is 84.3 Å². The highest BCUT2D eigenvalue weighted by atomic mass is 35.5. The molecule has 5 amide bonds. The Labute approximate surface area is 686 Å². The number of pyridine rings is 2. The van der Waals surface area contributed by atoms with Crippen LogP contribution in [0.3, 0.4) is 0 Å². The summed E-state index contributed by atoms with van der Waals surface area (Å²) in [6, 6.07) is 21.0. The molecule has 43 heteroatoms. The number of nitrogens with two attached hydrogens (primary N) is 1. The number of halogens is 8. The van der Waals surface area contributed by atoms with E-state index in [2.05, 4.69) is 64.5 Å². The van der Waals surface area contributed by atoms with Crippen LogP contribution in [0.5, 0.6) is 24.0 Å². The van der Waals surface area contributed by atoms with Crippen LogP contribution in [0.2, 0.25) is 5.28 Å². The first-order valence-electron chi connectivity index (χ1n) is 36.5. The lowest BCUT2D eigenvalue weighted by atomic mass is 10.1. The molecule has 9 aromatic rings. The summed E-state index contributed by atoms with van der Waals surface area (Å²) in [4.78, 5) is 133. The Hall–Kier alpha value is -13.3. The molecule has 5 fully saturated rings. The molecular formula is C77H83ClF7N19O16. The van der Waals surface area contributed by atoms with Gasteiger partial charge in [0.15, 0.2) is 0 Å². The van der Waals surface area contributed by atoms with Gasteiger partial charge in [0.25, 0.3) is 5.69 Å². The molecule has 7 aromatic heterocycles. The highest BCUT2D eigenvalue weighted by Gasteiger charge is 2.48. The van der Waals surface area contributed by atoms with E-state index >= 15 is 0 Å². The smallest absolute Gasteiger partial charge is 0.466 e. The predicted octanol–water partition coefficient (Wildman–Crippen LogP) is 9.19. The number of aromatic nitrogens is 12. The van der Waals surface area contributed by atoms with Crippen molar-refractivity contribution >= 4 is 58.9 Å². The van der Waals surface area contributed by atoms with Crippen molar-refractivity contribution in [2.75, 3.05) is 77.8 Å². The van der Waals surface area contributed by atoms with E-state index in [-0.39, 0.29) is 145 Å². The first kappa shape index (κ1) is 92.2. The van der Waals surface area contributed by atoms with Crippen LogP contribution in [0.1, 0.15) is 66.8 Å². The van der Waals surface area contributed by atoms with Gasteiger partial charge < -0.3 is 68.5 Å². The molecule has 5 aliphatic heterocycles. The van der Waals surface area contributed by atoms with Crippen molar-refractivity contribution in [3.63, 3.8) is 0 Å². The summed E-state index contributed by atoms with van der Waals surface area (Å²) in [7, 11) is 0. The van der Waals surface area contributed by atoms with Crippen molar-refractivity contribution in [1.29, 1.82) is 0 Å². The fourth-order valence-corrected chi connectivity index (χ4v) is 10.4. The van der Waals surface area contributed by atoms with E-state index in [1.54, 1.807) is 90.3 Å². The quantitative estimate of drug-likeness (QED) is 0.0227. The number of hydrogen-bond acceptors (Lipinski definition) is 29. The number of rotatable bonds is 16. The normalized spacial score (nSPS) is 14.4. The van der Waals surface area contributed by atoms with Gasteiger partial charge >= 0.3 is 54.3 Å². The molecule has 0 saturated carbocycles. The lowest BCUT2D eigenvalue weighted by Gasteiger charge is -2.38. The minimum Gasteiger partial charge on any atom is -0.466 e.